The molecule has 0 aliphatic carbocycles. The van der Waals surface area contributed by atoms with Gasteiger partial charge < -0.3 is 21.7 Å². The highest BCUT2D eigenvalue weighted by Gasteiger charge is 2.21. The molecule has 0 saturated carbocycles. The standard InChI is InChI=1S/C13H30N2O2/c1-8(2)12(14)10(16)6-5-7-11(17)13(15)9(3)4/h8-13,16-17H,5-7,14-15H2,1-4H3/t10-,11+,12-,13-/m0/s1. The molecule has 0 aromatic carbocycles. The molecule has 0 aromatic rings. The quantitative estimate of drug-likeness (QED) is 0.511. The minimum absolute atomic E-state index is 0.189. The van der Waals surface area contributed by atoms with Crippen molar-refractivity contribution in [2.45, 2.75) is 71.2 Å². The third-order valence-electron chi connectivity index (χ3n) is 3.43. The summed E-state index contributed by atoms with van der Waals surface area (Å²) in [7, 11) is 0. The average Bonchev–Trinajstić information content (AvgIpc) is 2.26. The second kappa shape index (κ2) is 8.03. The molecule has 0 aromatic heterocycles. The topological polar surface area (TPSA) is 92.5 Å². The molecule has 4 heteroatoms. The first kappa shape index (κ1) is 16.8. The van der Waals surface area contributed by atoms with E-state index in [0.29, 0.717) is 12.8 Å². The summed E-state index contributed by atoms with van der Waals surface area (Å²) in [6.45, 7) is 7.99. The molecular weight excluding hydrogens is 216 g/mol. The smallest absolute Gasteiger partial charge is 0.0693 e. The molecular formula is C13H30N2O2. The largest absolute Gasteiger partial charge is 0.392 e. The van der Waals surface area contributed by atoms with Gasteiger partial charge in [0.1, 0.15) is 0 Å². The van der Waals surface area contributed by atoms with Gasteiger partial charge in [-0.2, -0.15) is 0 Å². The maximum Gasteiger partial charge on any atom is 0.0693 e. The molecule has 4 nitrogen and oxygen atoms in total. The van der Waals surface area contributed by atoms with E-state index >= 15 is 0 Å². The van der Waals surface area contributed by atoms with Gasteiger partial charge >= 0.3 is 0 Å². The zero-order chi connectivity index (χ0) is 13.6. The molecule has 0 aliphatic heterocycles. The Morgan fingerprint density at radius 3 is 1.29 bits per heavy atom. The summed E-state index contributed by atoms with van der Waals surface area (Å²) in [5.74, 6) is 0.542. The molecule has 0 bridgehead atoms. The number of rotatable bonds is 8. The van der Waals surface area contributed by atoms with Crippen LogP contribution in [0.15, 0.2) is 0 Å². The van der Waals surface area contributed by atoms with E-state index in [4.69, 9.17) is 11.5 Å². The lowest BCUT2D eigenvalue weighted by Crippen LogP contribution is -2.40. The van der Waals surface area contributed by atoms with E-state index < -0.39 is 12.2 Å². The monoisotopic (exact) mass is 246 g/mol. The second-order valence-corrected chi connectivity index (χ2v) is 5.71. The van der Waals surface area contributed by atoms with Crippen LogP contribution in [0, 0.1) is 11.8 Å². The molecule has 0 radical (unpaired) electrons. The van der Waals surface area contributed by atoms with Crippen molar-refractivity contribution in [3.63, 3.8) is 0 Å². The van der Waals surface area contributed by atoms with Gasteiger partial charge in [0.05, 0.1) is 12.2 Å². The minimum atomic E-state index is -0.488. The lowest BCUT2D eigenvalue weighted by atomic mass is 9.92. The van der Waals surface area contributed by atoms with Crippen molar-refractivity contribution < 1.29 is 10.2 Å². The Kier molecular flexibility index (Phi) is 7.96. The fourth-order valence-corrected chi connectivity index (χ4v) is 1.81. The molecule has 0 fully saturated rings. The lowest BCUT2D eigenvalue weighted by molar-refractivity contribution is 0.0886. The van der Waals surface area contributed by atoms with Crippen LogP contribution < -0.4 is 11.5 Å². The van der Waals surface area contributed by atoms with Gasteiger partial charge in [-0.1, -0.05) is 27.7 Å². The number of hydrogen-bond donors (Lipinski definition) is 4. The maximum atomic E-state index is 9.81. The zero-order valence-corrected chi connectivity index (χ0v) is 11.6. The predicted molar refractivity (Wildman–Crippen MR) is 71.5 cm³/mol. The number of nitrogens with two attached hydrogens (primary N) is 2. The minimum Gasteiger partial charge on any atom is -0.392 e. The summed E-state index contributed by atoms with van der Waals surface area (Å²) >= 11 is 0. The van der Waals surface area contributed by atoms with E-state index in [-0.39, 0.29) is 23.9 Å². The van der Waals surface area contributed by atoms with Crippen LogP contribution in [0.2, 0.25) is 0 Å². The highest BCUT2D eigenvalue weighted by atomic mass is 16.3. The summed E-state index contributed by atoms with van der Waals surface area (Å²) in [5, 5.41) is 19.6. The predicted octanol–water partition coefficient (Wildman–Crippen LogP) is 0.845. The Balaban J connectivity index is 3.84. The number of hydrogen-bond acceptors (Lipinski definition) is 4. The SMILES string of the molecule is CC(C)[C@H](N)[C@H](O)CCC[C@H](O)[C@@H](N)C(C)C. The van der Waals surface area contributed by atoms with Gasteiger partial charge in [-0.25, -0.2) is 0 Å². The van der Waals surface area contributed by atoms with E-state index in [1.165, 1.54) is 0 Å². The third-order valence-corrected chi connectivity index (χ3v) is 3.43. The van der Waals surface area contributed by atoms with E-state index in [9.17, 15) is 10.2 Å². The van der Waals surface area contributed by atoms with Crippen LogP contribution >= 0.6 is 0 Å². The van der Waals surface area contributed by atoms with Gasteiger partial charge in [-0.05, 0) is 31.1 Å². The van der Waals surface area contributed by atoms with Gasteiger partial charge in [0.25, 0.3) is 0 Å². The van der Waals surface area contributed by atoms with E-state index in [2.05, 4.69) is 0 Å². The Morgan fingerprint density at radius 1 is 0.765 bits per heavy atom. The first-order chi connectivity index (χ1) is 7.77. The molecule has 6 N–H and O–H groups in total. The molecule has 0 aliphatic rings. The van der Waals surface area contributed by atoms with Gasteiger partial charge in [-0.15, -0.1) is 0 Å². The molecule has 0 unspecified atom stereocenters. The molecule has 104 valence electrons. The number of aliphatic hydroxyl groups excluding tert-OH is 2. The summed E-state index contributed by atoms with van der Waals surface area (Å²) in [5.41, 5.74) is 11.7. The van der Waals surface area contributed by atoms with Crippen LogP contribution in [0.1, 0.15) is 47.0 Å². The van der Waals surface area contributed by atoms with Gasteiger partial charge in [0.15, 0.2) is 0 Å². The van der Waals surface area contributed by atoms with Crippen molar-refractivity contribution >= 4 is 0 Å². The molecule has 0 heterocycles. The van der Waals surface area contributed by atoms with Gasteiger partial charge in [-0.3, -0.25) is 0 Å². The van der Waals surface area contributed by atoms with Crippen molar-refractivity contribution in [3.8, 4) is 0 Å². The molecule has 17 heavy (non-hydrogen) atoms. The molecule has 4 atom stereocenters. The highest BCUT2D eigenvalue weighted by molar-refractivity contribution is 4.78. The summed E-state index contributed by atoms with van der Waals surface area (Å²) < 4.78 is 0. The second-order valence-electron chi connectivity index (χ2n) is 5.71. The summed E-state index contributed by atoms with van der Waals surface area (Å²) in [6, 6.07) is -0.378. The van der Waals surface area contributed by atoms with E-state index in [1.807, 2.05) is 27.7 Å². The van der Waals surface area contributed by atoms with Crippen molar-refractivity contribution in [2.75, 3.05) is 0 Å². The zero-order valence-electron chi connectivity index (χ0n) is 11.6. The average molecular weight is 246 g/mol. The van der Waals surface area contributed by atoms with Crippen LogP contribution in [0.4, 0.5) is 0 Å². The lowest BCUT2D eigenvalue weighted by Gasteiger charge is -2.24. The van der Waals surface area contributed by atoms with Crippen LogP contribution in [-0.2, 0) is 0 Å². The van der Waals surface area contributed by atoms with Crippen LogP contribution in [0.3, 0.4) is 0 Å². The van der Waals surface area contributed by atoms with Crippen LogP contribution in [0.5, 0.6) is 0 Å². The van der Waals surface area contributed by atoms with Crippen molar-refractivity contribution in [1.82, 2.24) is 0 Å². The van der Waals surface area contributed by atoms with E-state index in [1.54, 1.807) is 0 Å². The van der Waals surface area contributed by atoms with Crippen molar-refractivity contribution in [2.24, 2.45) is 23.3 Å². The Morgan fingerprint density at radius 2 is 1.06 bits per heavy atom. The fourth-order valence-electron chi connectivity index (χ4n) is 1.81. The molecule has 0 saturated heterocycles. The summed E-state index contributed by atoms with van der Waals surface area (Å²) in [6.07, 6.45) is 1.03. The Labute approximate surface area is 105 Å². The normalized spacial score (nSPS) is 19.4. The maximum absolute atomic E-state index is 9.81. The fraction of sp³-hybridized carbons (Fsp3) is 1.00. The number of aliphatic hydroxyl groups is 2. The van der Waals surface area contributed by atoms with Gasteiger partial charge in [0, 0.05) is 12.1 Å². The van der Waals surface area contributed by atoms with Gasteiger partial charge in [0.2, 0.25) is 0 Å². The first-order valence-corrected chi connectivity index (χ1v) is 6.64. The van der Waals surface area contributed by atoms with Crippen LogP contribution in [-0.4, -0.2) is 34.5 Å². The molecule has 0 spiro atoms. The summed E-state index contributed by atoms with van der Waals surface area (Å²) in [4.78, 5) is 0. The Hall–Kier alpha value is -0.160. The van der Waals surface area contributed by atoms with Crippen LogP contribution in [0.25, 0.3) is 0 Å². The highest BCUT2D eigenvalue weighted by Crippen LogP contribution is 2.14. The molecule has 0 rings (SSSR count). The van der Waals surface area contributed by atoms with Crippen molar-refractivity contribution in [3.05, 3.63) is 0 Å². The molecule has 0 amide bonds. The third kappa shape index (κ3) is 6.36. The van der Waals surface area contributed by atoms with E-state index in [0.717, 1.165) is 6.42 Å². The van der Waals surface area contributed by atoms with Crippen molar-refractivity contribution in [1.29, 1.82) is 0 Å². The first-order valence-electron chi connectivity index (χ1n) is 6.64. The Bertz CT molecular complexity index is 178.